The third kappa shape index (κ3) is 3.47. The van der Waals surface area contributed by atoms with Crippen molar-refractivity contribution in [2.24, 2.45) is 0 Å². The minimum absolute atomic E-state index is 0.270. The maximum atomic E-state index is 10.7. The minimum Gasteiger partial charge on any atom is -0.494 e. The fourth-order valence-electron chi connectivity index (χ4n) is 1.57. The van der Waals surface area contributed by atoms with Crippen LogP contribution in [0.1, 0.15) is 30.6 Å². The second-order valence-corrected chi connectivity index (χ2v) is 3.70. The fraction of sp³-hybridized carbons (Fsp3) is 0.385. The molecule has 1 rings (SSSR count). The Balaban J connectivity index is 3.02. The van der Waals surface area contributed by atoms with Gasteiger partial charge in [-0.25, -0.2) is 4.79 Å². The molecule has 0 aromatic heterocycles. The second kappa shape index (κ2) is 6.62. The van der Waals surface area contributed by atoms with Gasteiger partial charge in [-0.2, -0.15) is 5.26 Å². The van der Waals surface area contributed by atoms with E-state index in [1.807, 2.05) is 13.0 Å². The average Bonchev–Trinajstić information content (AvgIpc) is 2.36. The first-order chi connectivity index (χ1) is 8.60. The zero-order chi connectivity index (χ0) is 13.5. The Morgan fingerprint density at radius 2 is 2.28 bits per heavy atom. The van der Waals surface area contributed by atoms with E-state index in [9.17, 15) is 9.90 Å². The van der Waals surface area contributed by atoms with Crippen molar-refractivity contribution in [3.8, 4) is 11.8 Å². The van der Waals surface area contributed by atoms with Crippen molar-refractivity contribution in [3.05, 3.63) is 29.3 Å². The number of aryl methyl sites for hydroxylation is 1. The van der Waals surface area contributed by atoms with Gasteiger partial charge in [0.05, 0.1) is 12.7 Å². The molecule has 0 aliphatic carbocycles. The fourth-order valence-corrected chi connectivity index (χ4v) is 1.57. The first kappa shape index (κ1) is 14.0. The van der Waals surface area contributed by atoms with Crippen molar-refractivity contribution in [1.29, 1.82) is 5.26 Å². The number of nitrogens with zero attached hydrogens (tertiary/aromatic N) is 1. The SMILES string of the molecule is CCOc1cc(C(O)C(=O)O)ccc1CCC#N. The van der Waals surface area contributed by atoms with Crippen LogP contribution in [0.15, 0.2) is 18.2 Å². The van der Waals surface area contributed by atoms with Crippen LogP contribution in [0.3, 0.4) is 0 Å². The molecule has 0 bridgehead atoms. The highest BCUT2D eigenvalue weighted by Crippen LogP contribution is 2.25. The molecule has 0 fully saturated rings. The van der Waals surface area contributed by atoms with Crippen molar-refractivity contribution in [1.82, 2.24) is 0 Å². The highest BCUT2D eigenvalue weighted by molar-refractivity contribution is 5.74. The van der Waals surface area contributed by atoms with Crippen molar-refractivity contribution in [2.45, 2.75) is 25.9 Å². The third-order valence-electron chi connectivity index (χ3n) is 2.45. The van der Waals surface area contributed by atoms with Gasteiger partial charge in [-0.15, -0.1) is 0 Å². The zero-order valence-electron chi connectivity index (χ0n) is 10.1. The van der Waals surface area contributed by atoms with E-state index < -0.39 is 12.1 Å². The van der Waals surface area contributed by atoms with Gasteiger partial charge >= 0.3 is 5.97 Å². The molecular formula is C13H15NO4. The number of carboxylic acid groups (broad SMARTS) is 1. The Bertz CT molecular complexity index is 465. The largest absolute Gasteiger partial charge is 0.494 e. The molecule has 0 spiro atoms. The molecule has 5 heteroatoms. The van der Waals surface area contributed by atoms with E-state index in [0.29, 0.717) is 25.2 Å². The number of ether oxygens (including phenoxy) is 1. The topological polar surface area (TPSA) is 90.6 Å². The Morgan fingerprint density at radius 3 is 2.83 bits per heavy atom. The molecule has 96 valence electrons. The predicted octanol–water partition coefficient (Wildman–Crippen LogP) is 1.66. The molecular weight excluding hydrogens is 234 g/mol. The molecule has 1 atom stereocenters. The van der Waals surface area contributed by atoms with Gasteiger partial charge in [0.15, 0.2) is 6.10 Å². The zero-order valence-corrected chi connectivity index (χ0v) is 10.1. The normalized spacial score (nSPS) is 11.6. The van der Waals surface area contributed by atoms with Crippen LogP contribution in [-0.2, 0) is 11.2 Å². The van der Waals surface area contributed by atoms with E-state index >= 15 is 0 Å². The van der Waals surface area contributed by atoms with Gasteiger partial charge in [0, 0.05) is 6.42 Å². The van der Waals surface area contributed by atoms with Gasteiger partial charge in [-0.3, -0.25) is 0 Å². The summed E-state index contributed by atoms with van der Waals surface area (Å²) >= 11 is 0. The quantitative estimate of drug-likeness (QED) is 0.800. The molecule has 0 saturated carbocycles. The number of hydrogen-bond donors (Lipinski definition) is 2. The van der Waals surface area contributed by atoms with Crippen LogP contribution in [0.25, 0.3) is 0 Å². The van der Waals surface area contributed by atoms with E-state index in [4.69, 9.17) is 15.1 Å². The molecule has 0 aliphatic heterocycles. The standard InChI is InChI=1S/C13H15NO4/c1-2-18-11-8-10(12(15)13(16)17)6-5-9(11)4-3-7-14/h5-6,8,12,15H,2-4H2,1H3,(H,16,17). The molecule has 18 heavy (non-hydrogen) atoms. The summed E-state index contributed by atoms with van der Waals surface area (Å²) in [5.74, 6) is -0.784. The van der Waals surface area contributed by atoms with Gasteiger partial charge in [0.1, 0.15) is 5.75 Å². The number of hydrogen-bond acceptors (Lipinski definition) is 4. The summed E-state index contributed by atoms with van der Waals surface area (Å²) in [6.07, 6.45) is -0.662. The Kier molecular flexibility index (Phi) is 5.15. The van der Waals surface area contributed by atoms with Gasteiger partial charge in [0.2, 0.25) is 0 Å². The monoisotopic (exact) mass is 249 g/mol. The molecule has 2 N–H and O–H groups in total. The summed E-state index contributed by atoms with van der Waals surface area (Å²) in [5, 5.41) is 26.7. The van der Waals surface area contributed by atoms with Crippen LogP contribution < -0.4 is 4.74 Å². The Morgan fingerprint density at radius 1 is 1.56 bits per heavy atom. The maximum Gasteiger partial charge on any atom is 0.337 e. The van der Waals surface area contributed by atoms with Crippen LogP contribution in [0.2, 0.25) is 0 Å². The highest BCUT2D eigenvalue weighted by Gasteiger charge is 2.17. The van der Waals surface area contributed by atoms with Crippen molar-refractivity contribution >= 4 is 5.97 Å². The summed E-state index contributed by atoms with van der Waals surface area (Å²) in [6.45, 7) is 2.25. The molecule has 5 nitrogen and oxygen atoms in total. The molecule has 1 aromatic carbocycles. The summed E-state index contributed by atoms with van der Waals surface area (Å²) in [7, 11) is 0. The lowest BCUT2D eigenvalue weighted by atomic mass is 10.0. The van der Waals surface area contributed by atoms with Gasteiger partial charge < -0.3 is 14.9 Å². The predicted molar refractivity (Wildman–Crippen MR) is 64.1 cm³/mol. The number of nitriles is 1. The van der Waals surface area contributed by atoms with Crippen molar-refractivity contribution in [2.75, 3.05) is 6.61 Å². The molecule has 0 heterocycles. The molecule has 1 aromatic rings. The summed E-state index contributed by atoms with van der Waals surface area (Å²) in [4.78, 5) is 10.7. The molecule has 0 amide bonds. The van der Waals surface area contributed by atoms with Crippen molar-refractivity contribution < 1.29 is 19.7 Å². The van der Waals surface area contributed by atoms with Crippen LogP contribution in [0, 0.1) is 11.3 Å². The van der Waals surface area contributed by atoms with Crippen LogP contribution in [-0.4, -0.2) is 22.8 Å². The Labute approximate surface area is 105 Å². The van der Waals surface area contributed by atoms with Gasteiger partial charge in [-0.05, 0) is 30.5 Å². The first-order valence-corrected chi connectivity index (χ1v) is 5.63. The molecule has 0 aliphatic rings. The van der Waals surface area contributed by atoms with Crippen LogP contribution in [0.4, 0.5) is 0 Å². The number of carbonyl (C=O) groups is 1. The van der Waals surface area contributed by atoms with Crippen LogP contribution in [0.5, 0.6) is 5.75 Å². The lowest BCUT2D eigenvalue weighted by Gasteiger charge is -2.13. The lowest BCUT2D eigenvalue weighted by molar-refractivity contribution is -0.146. The van der Waals surface area contributed by atoms with Gasteiger partial charge in [0.25, 0.3) is 0 Å². The number of aliphatic hydroxyl groups excluding tert-OH is 1. The summed E-state index contributed by atoms with van der Waals surface area (Å²) in [5.41, 5.74) is 1.10. The summed E-state index contributed by atoms with van der Waals surface area (Å²) < 4.78 is 5.39. The minimum atomic E-state index is -1.56. The lowest BCUT2D eigenvalue weighted by Crippen LogP contribution is -2.11. The number of benzene rings is 1. The van der Waals surface area contributed by atoms with Crippen molar-refractivity contribution in [3.63, 3.8) is 0 Å². The molecule has 1 unspecified atom stereocenters. The number of rotatable bonds is 6. The smallest absolute Gasteiger partial charge is 0.337 e. The van der Waals surface area contributed by atoms with Gasteiger partial charge in [-0.1, -0.05) is 12.1 Å². The number of aliphatic carboxylic acids is 1. The molecule has 0 radical (unpaired) electrons. The second-order valence-electron chi connectivity index (χ2n) is 3.70. The van der Waals surface area contributed by atoms with E-state index in [2.05, 4.69) is 0 Å². The highest BCUT2D eigenvalue weighted by atomic mass is 16.5. The van der Waals surface area contributed by atoms with E-state index in [-0.39, 0.29) is 5.56 Å². The third-order valence-corrected chi connectivity index (χ3v) is 2.45. The first-order valence-electron chi connectivity index (χ1n) is 5.63. The average molecular weight is 249 g/mol. The van der Waals surface area contributed by atoms with Crippen LogP contribution >= 0.6 is 0 Å². The number of carboxylic acids is 1. The molecule has 0 saturated heterocycles. The Hall–Kier alpha value is -2.06. The summed E-state index contributed by atoms with van der Waals surface area (Å²) in [6, 6.07) is 6.77. The van der Waals surface area contributed by atoms with E-state index in [1.54, 1.807) is 6.07 Å². The maximum absolute atomic E-state index is 10.7. The van der Waals surface area contributed by atoms with E-state index in [1.165, 1.54) is 12.1 Å². The van der Waals surface area contributed by atoms with E-state index in [0.717, 1.165) is 5.56 Å². The number of aliphatic hydroxyl groups is 1.